The van der Waals surface area contributed by atoms with E-state index in [4.69, 9.17) is 0 Å². The summed E-state index contributed by atoms with van der Waals surface area (Å²) in [5.41, 5.74) is 0.725. The van der Waals surface area contributed by atoms with Crippen molar-refractivity contribution in [3.8, 4) is 5.75 Å². The molecule has 0 aliphatic carbocycles. The lowest BCUT2D eigenvalue weighted by atomic mass is 10.2. The van der Waals surface area contributed by atoms with Crippen LogP contribution < -0.4 is 0 Å². The minimum atomic E-state index is 0.245. The number of halogens is 1. The summed E-state index contributed by atoms with van der Waals surface area (Å²) in [7, 11) is 4.10. The molecule has 0 unspecified atom stereocenters. The zero-order chi connectivity index (χ0) is 14.5. The van der Waals surface area contributed by atoms with Crippen LogP contribution >= 0.6 is 27.3 Å². The van der Waals surface area contributed by atoms with Crippen LogP contribution in [0, 0.1) is 0 Å². The number of benzene rings is 1. The monoisotopic (exact) mass is 352 g/mol. The fourth-order valence-corrected chi connectivity index (χ4v) is 3.16. The van der Waals surface area contributed by atoms with Crippen LogP contribution in [0.3, 0.4) is 0 Å². The first-order chi connectivity index (χ1) is 9.58. The van der Waals surface area contributed by atoms with Gasteiger partial charge in [0.25, 0.3) is 0 Å². The summed E-state index contributed by atoms with van der Waals surface area (Å²) in [5.74, 6) is 0.245. The SMILES string of the molecule is CN(C)[C@H](CN=Cc1cc(Br)ccc1O)c1cccs1. The molecule has 2 rings (SSSR count). The number of phenolic OH excluding ortho intramolecular Hbond substituents is 1. The molecule has 0 amide bonds. The number of aromatic hydroxyl groups is 1. The normalized spacial score (nSPS) is 13.2. The molecule has 0 bridgehead atoms. The van der Waals surface area contributed by atoms with Crippen molar-refractivity contribution in [2.75, 3.05) is 20.6 Å². The lowest BCUT2D eigenvalue weighted by molar-refractivity contribution is 0.311. The Morgan fingerprint density at radius 2 is 2.20 bits per heavy atom. The fraction of sp³-hybridized carbons (Fsp3) is 0.267. The van der Waals surface area contributed by atoms with Crippen molar-refractivity contribution in [1.29, 1.82) is 0 Å². The van der Waals surface area contributed by atoms with Crippen molar-refractivity contribution in [2.24, 2.45) is 4.99 Å². The maximum atomic E-state index is 9.77. The van der Waals surface area contributed by atoms with Crippen LogP contribution in [0.1, 0.15) is 16.5 Å². The summed E-state index contributed by atoms with van der Waals surface area (Å²) < 4.78 is 0.930. The van der Waals surface area contributed by atoms with Gasteiger partial charge in [-0.15, -0.1) is 11.3 Å². The van der Waals surface area contributed by atoms with Gasteiger partial charge in [0.1, 0.15) is 5.75 Å². The number of thiophene rings is 1. The highest BCUT2D eigenvalue weighted by Crippen LogP contribution is 2.24. The van der Waals surface area contributed by atoms with Gasteiger partial charge in [0.2, 0.25) is 0 Å². The molecule has 1 atom stereocenters. The molecule has 0 aliphatic rings. The van der Waals surface area contributed by atoms with Gasteiger partial charge >= 0.3 is 0 Å². The van der Waals surface area contributed by atoms with E-state index in [0.29, 0.717) is 6.54 Å². The summed E-state index contributed by atoms with van der Waals surface area (Å²) in [4.78, 5) is 7.93. The lowest BCUT2D eigenvalue weighted by Gasteiger charge is -2.21. The number of phenols is 1. The average molecular weight is 353 g/mol. The van der Waals surface area contributed by atoms with Gasteiger partial charge in [0.15, 0.2) is 0 Å². The Bertz CT molecular complexity index is 582. The van der Waals surface area contributed by atoms with E-state index in [2.05, 4.69) is 57.4 Å². The van der Waals surface area contributed by atoms with E-state index in [1.807, 2.05) is 6.07 Å². The molecule has 2 aromatic rings. The van der Waals surface area contributed by atoms with Crippen LogP contribution in [-0.4, -0.2) is 36.9 Å². The zero-order valence-electron chi connectivity index (χ0n) is 11.5. The van der Waals surface area contributed by atoms with E-state index < -0.39 is 0 Å². The topological polar surface area (TPSA) is 35.8 Å². The summed E-state index contributed by atoms with van der Waals surface area (Å²) in [6, 6.07) is 9.77. The Balaban J connectivity index is 2.09. The molecular formula is C15H17BrN2OS. The highest BCUT2D eigenvalue weighted by Gasteiger charge is 2.13. The Hall–Kier alpha value is -1.17. The van der Waals surface area contributed by atoms with Gasteiger partial charge in [-0.3, -0.25) is 4.99 Å². The molecule has 1 heterocycles. The van der Waals surface area contributed by atoms with Crippen LogP contribution in [0.2, 0.25) is 0 Å². The third-order valence-corrected chi connectivity index (χ3v) is 4.46. The number of likely N-dealkylation sites (N-methyl/N-ethyl adjacent to an activating group) is 1. The Kier molecular flexibility index (Phi) is 5.34. The van der Waals surface area contributed by atoms with E-state index in [1.165, 1.54) is 4.88 Å². The average Bonchev–Trinajstić information content (AvgIpc) is 2.91. The fourth-order valence-electron chi connectivity index (χ4n) is 1.87. The molecule has 0 saturated carbocycles. The number of hydrogen-bond donors (Lipinski definition) is 1. The van der Waals surface area contributed by atoms with Gasteiger partial charge in [-0.25, -0.2) is 0 Å². The molecule has 1 aromatic heterocycles. The van der Waals surface area contributed by atoms with E-state index in [1.54, 1.807) is 29.7 Å². The number of nitrogens with zero attached hydrogens (tertiary/aromatic N) is 2. The van der Waals surface area contributed by atoms with Crippen molar-refractivity contribution in [3.05, 3.63) is 50.6 Å². The molecule has 0 fully saturated rings. The minimum Gasteiger partial charge on any atom is -0.507 e. The first-order valence-corrected chi connectivity index (χ1v) is 7.93. The van der Waals surface area contributed by atoms with Gasteiger partial charge in [-0.05, 0) is 43.7 Å². The van der Waals surface area contributed by atoms with Crippen LogP contribution in [0.4, 0.5) is 0 Å². The van der Waals surface area contributed by atoms with Crippen molar-refractivity contribution in [2.45, 2.75) is 6.04 Å². The minimum absolute atomic E-state index is 0.245. The van der Waals surface area contributed by atoms with Crippen molar-refractivity contribution in [3.63, 3.8) is 0 Å². The molecule has 20 heavy (non-hydrogen) atoms. The molecule has 1 N–H and O–H groups in total. The van der Waals surface area contributed by atoms with E-state index in [0.717, 1.165) is 10.0 Å². The molecule has 1 aromatic carbocycles. The summed E-state index contributed by atoms with van der Waals surface area (Å²) in [5, 5.41) is 11.9. The second-order valence-corrected chi connectivity index (χ2v) is 6.59. The van der Waals surface area contributed by atoms with Gasteiger partial charge < -0.3 is 10.0 Å². The summed E-state index contributed by atoms with van der Waals surface area (Å²) >= 11 is 5.13. The standard InChI is InChI=1S/C15H17BrN2OS/c1-18(2)13(15-4-3-7-20-15)10-17-9-11-8-12(16)5-6-14(11)19/h3-9,13,19H,10H2,1-2H3/t13-/m1/s1. The van der Waals surface area contributed by atoms with Crippen molar-refractivity contribution >= 4 is 33.5 Å². The Labute approximate surface area is 131 Å². The molecule has 3 nitrogen and oxygen atoms in total. The summed E-state index contributed by atoms with van der Waals surface area (Å²) in [6.45, 7) is 0.666. The molecular weight excluding hydrogens is 336 g/mol. The van der Waals surface area contributed by atoms with Crippen LogP contribution in [0.25, 0.3) is 0 Å². The second-order valence-electron chi connectivity index (χ2n) is 4.69. The van der Waals surface area contributed by atoms with Crippen LogP contribution in [-0.2, 0) is 0 Å². The maximum Gasteiger partial charge on any atom is 0.124 e. The maximum absolute atomic E-state index is 9.77. The molecule has 5 heteroatoms. The molecule has 0 spiro atoms. The number of aliphatic imine (C=N–C) groups is 1. The number of rotatable bonds is 5. The molecule has 0 saturated heterocycles. The lowest BCUT2D eigenvalue weighted by Crippen LogP contribution is -2.21. The van der Waals surface area contributed by atoms with E-state index in [-0.39, 0.29) is 11.8 Å². The van der Waals surface area contributed by atoms with Crippen molar-refractivity contribution < 1.29 is 5.11 Å². The quantitative estimate of drug-likeness (QED) is 0.827. The summed E-state index contributed by atoms with van der Waals surface area (Å²) in [6.07, 6.45) is 1.73. The highest BCUT2D eigenvalue weighted by molar-refractivity contribution is 9.10. The Morgan fingerprint density at radius 3 is 2.85 bits per heavy atom. The van der Waals surface area contributed by atoms with E-state index >= 15 is 0 Å². The highest BCUT2D eigenvalue weighted by atomic mass is 79.9. The third-order valence-electron chi connectivity index (χ3n) is 2.99. The van der Waals surface area contributed by atoms with Gasteiger partial charge in [-0.1, -0.05) is 22.0 Å². The molecule has 0 aliphatic heterocycles. The van der Waals surface area contributed by atoms with Crippen LogP contribution in [0.5, 0.6) is 5.75 Å². The number of hydrogen-bond acceptors (Lipinski definition) is 4. The van der Waals surface area contributed by atoms with Gasteiger partial charge in [-0.2, -0.15) is 0 Å². The predicted molar refractivity (Wildman–Crippen MR) is 89.0 cm³/mol. The first-order valence-electron chi connectivity index (χ1n) is 6.26. The van der Waals surface area contributed by atoms with Crippen molar-refractivity contribution in [1.82, 2.24) is 4.90 Å². The molecule has 106 valence electrons. The van der Waals surface area contributed by atoms with Crippen LogP contribution in [0.15, 0.2) is 45.2 Å². The van der Waals surface area contributed by atoms with E-state index in [9.17, 15) is 5.11 Å². The first kappa shape index (κ1) is 15.2. The second kappa shape index (κ2) is 7.02. The Morgan fingerprint density at radius 1 is 1.40 bits per heavy atom. The zero-order valence-corrected chi connectivity index (χ0v) is 13.9. The smallest absolute Gasteiger partial charge is 0.124 e. The molecule has 0 radical (unpaired) electrons. The van der Waals surface area contributed by atoms with Gasteiger partial charge in [0.05, 0.1) is 12.6 Å². The predicted octanol–water partition coefficient (Wildman–Crippen LogP) is 3.94. The van der Waals surface area contributed by atoms with Gasteiger partial charge in [0, 0.05) is 21.1 Å². The third kappa shape index (κ3) is 3.91. The largest absolute Gasteiger partial charge is 0.507 e.